The summed E-state index contributed by atoms with van der Waals surface area (Å²) in [5, 5.41) is 2.94. The van der Waals surface area contributed by atoms with Gasteiger partial charge >= 0.3 is 0 Å². The number of rotatable bonds is 9. The van der Waals surface area contributed by atoms with Crippen molar-refractivity contribution in [2.45, 2.75) is 30.2 Å². The summed E-state index contributed by atoms with van der Waals surface area (Å²) in [4.78, 5) is 43.8. The molecule has 0 aliphatic carbocycles. The Bertz CT molecular complexity index is 1330. The third kappa shape index (κ3) is 5.62. The van der Waals surface area contributed by atoms with Gasteiger partial charge < -0.3 is 25.5 Å². The summed E-state index contributed by atoms with van der Waals surface area (Å²) in [6.07, 6.45) is 0.0343. The van der Waals surface area contributed by atoms with Crippen LogP contribution in [0.4, 0.5) is 10.2 Å². The molecule has 4 N–H and O–H groups in total. The molecule has 1 unspecified atom stereocenters. The highest BCUT2D eigenvalue weighted by molar-refractivity contribution is 7.98. The van der Waals surface area contributed by atoms with Crippen LogP contribution in [-0.2, 0) is 15.3 Å². The van der Waals surface area contributed by atoms with Crippen LogP contribution in [0.1, 0.15) is 36.0 Å². The first-order valence-electron chi connectivity index (χ1n) is 10.8. The number of H-pyrrole nitrogens is 1. The van der Waals surface area contributed by atoms with Gasteiger partial charge in [-0.2, -0.15) is 0 Å². The number of amides is 2. The number of ether oxygens (including phenoxy) is 2. The second-order valence-corrected chi connectivity index (χ2v) is 8.68. The monoisotopic (exact) mass is 498 g/mol. The van der Waals surface area contributed by atoms with E-state index in [1.165, 1.54) is 6.07 Å². The van der Waals surface area contributed by atoms with E-state index in [1.54, 1.807) is 43.3 Å². The number of aromatic amines is 1. The summed E-state index contributed by atoms with van der Waals surface area (Å²) >= 11 is 1.16. The van der Waals surface area contributed by atoms with E-state index in [0.29, 0.717) is 34.8 Å². The second-order valence-electron chi connectivity index (χ2n) is 7.71. The van der Waals surface area contributed by atoms with Crippen LogP contribution >= 0.6 is 11.8 Å². The molecule has 0 fully saturated rings. The fraction of sp³-hybridized carbons (Fsp3) is 0.250. The minimum atomic E-state index is -0.629. The van der Waals surface area contributed by atoms with Crippen LogP contribution in [0.25, 0.3) is 0 Å². The third-order valence-corrected chi connectivity index (χ3v) is 6.21. The van der Waals surface area contributed by atoms with Crippen LogP contribution in [0, 0.1) is 5.82 Å². The molecule has 11 heteroatoms. The van der Waals surface area contributed by atoms with E-state index in [4.69, 9.17) is 15.2 Å². The summed E-state index contributed by atoms with van der Waals surface area (Å²) in [6, 6.07) is 11.3. The molecule has 0 bridgehead atoms. The van der Waals surface area contributed by atoms with E-state index in [9.17, 15) is 18.8 Å². The standard InChI is InChI=1S/C24H23FN4O5S/c1-2-33-18-9-13(7-8-17(18)34-11-19(26)30)15-10-20(31)27-22-21(15)23(32)29-24(28-22)35-12-14-5-3-4-6-16(14)25/h3-9,15H,2,10-12H2,1H3,(H2,26,30)(H2,27,28,29,31,32). The minimum absolute atomic E-state index is 0.0343. The Morgan fingerprint density at radius 1 is 1.20 bits per heavy atom. The van der Waals surface area contributed by atoms with Crippen molar-refractivity contribution in [2.24, 2.45) is 5.73 Å². The molecular formula is C24H23FN4O5S. The predicted octanol–water partition coefficient (Wildman–Crippen LogP) is 2.94. The van der Waals surface area contributed by atoms with Crippen molar-refractivity contribution >= 4 is 29.4 Å². The smallest absolute Gasteiger partial charge is 0.257 e. The number of carbonyl (C=O) groups is 2. The number of benzene rings is 2. The van der Waals surface area contributed by atoms with E-state index < -0.39 is 17.4 Å². The quantitative estimate of drug-likeness (QED) is 0.305. The average Bonchev–Trinajstić information content (AvgIpc) is 2.82. The van der Waals surface area contributed by atoms with Gasteiger partial charge in [-0.3, -0.25) is 14.4 Å². The Morgan fingerprint density at radius 3 is 2.74 bits per heavy atom. The van der Waals surface area contributed by atoms with Crippen molar-refractivity contribution in [2.75, 3.05) is 18.5 Å². The molecule has 2 aromatic carbocycles. The number of thioether (sulfide) groups is 1. The van der Waals surface area contributed by atoms with Crippen LogP contribution in [-0.4, -0.2) is 35.0 Å². The summed E-state index contributed by atoms with van der Waals surface area (Å²) in [6.45, 7) is 1.82. The molecular weight excluding hydrogens is 475 g/mol. The minimum Gasteiger partial charge on any atom is -0.490 e. The molecule has 0 saturated heterocycles. The maximum Gasteiger partial charge on any atom is 0.257 e. The first kappa shape index (κ1) is 24.3. The highest BCUT2D eigenvalue weighted by atomic mass is 32.2. The van der Waals surface area contributed by atoms with E-state index in [-0.39, 0.29) is 41.5 Å². The number of fused-ring (bicyclic) bond motifs is 1. The first-order valence-corrected chi connectivity index (χ1v) is 11.8. The van der Waals surface area contributed by atoms with Crippen molar-refractivity contribution in [1.29, 1.82) is 0 Å². The summed E-state index contributed by atoms with van der Waals surface area (Å²) in [7, 11) is 0. The van der Waals surface area contributed by atoms with Crippen molar-refractivity contribution in [1.82, 2.24) is 9.97 Å². The molecule has 2 heterocycles. The zero-order valence-electron chi connectivity index (χ0n) is 18.8. The van der Waals surface area contributed by atoms with Crippen LogP contribution in [0.3, 0.4) is 0 Å². The van der Waals surface area contributed by atoms with Crippen LogP contribution in [0.2, 0.25) is 0 Å². The largest absolute Gasteiger partial charge is 0.490 e. The molecule has 3 aromatic rings. The van der Waals surface area contributed by atoms with Gasteiger partial charge in [-0.15, -0.1) is 0 Å². The van der Waals surface area contributed by atoms with Crippen LogP contribution < -0.4 is 26.1 Å². The van der Waals surface area contributed by atoms with Gasteiger partial charge in [0.2, 0.25) is 5.91 Å². The van der Waals surface area contributed by atoms with E-state index >= 15 is 0 Å². The zero-order valence-corrected chi connectivity index (χ0v) is 19.6. The molecule has 0 spiro atoms. The zero-order chi connectivity index (χ0) is 24.9. The van der Waals surface area contributed by atoms with Crippen molar-refractivity contribution in [3.05, 3.63) is 75.3 Å². The van der Waals surface area contributed by atoms with E-state index in [2.05, 4.69) is 15.3 Å². The molecule has 1 atom stereocenters. The Balaban J connectivity index is 1.64. The number of aromatic nitrogens is 2. The number of nitrogens with one attached hydrogen (secondary N) is 2. The van der Waals surface area contributed by atoms with E-state index in [0.717, 1.165) is 11.8 Å². The predicted molar refractivity (Wildman–Crippen MR) is 128 cm³/mol. The molecule has 2 amide bonds. The SMILES string of the molecule is CCOc1cc(C2CC(=O)Nc3nc(SCc4ccccc4F)[nH]c(=O)c32)ccc1OCC(N)=O. The lowest BCUT2D eigenvalue weighted by Gasteiger charge is -2.25. The number of primary amides is 1. The van der Waals surface area contributed by atoms with Crippen LogP contribution in [0.5, 0.6) is 11.5 Å². The van der Waals surface area contributed by atoms with Crippen molar-refractivity contribution in [3.63, 3.8) is 0 Å². The lowest BCUT2D eigenvalue weighted by atomic mass is 9.86. The highest BCUT2D eigenvalue weighted by Gasteiger charge is 2.31. The van der Waals surface area contributed by atoms with Gasteiger partial charge in [-0.05, 0) is 36.2 Å². The number of hydrogen-bond donors (Lipinski definition) is 3. The number of carbonyl (C=O) groups excluding carboxylic acids is 2. The number of nitrogens with two attached hydrogens (primary N) is 1. The van der Waals surface area contributed by atoms with Crippen molar-refractivity contribution in [3.8, 4) is 11.5 Å². The molecule has 4 rings (SSSR count). The van der Waals surface area contributed by atoms with Gasteiger partial charge in [-0.1, -0.05) is 36.0 Å². The average molecular weight is 499 g/mol. The van der Waals surface area contributed by atoms with Gasteiger partial charge in [0.1, 0.15) is 11.6 Å². The van der Waals surface area contributed by atoms with Gasteiger partial charge in [0.05, 0.1) is 12.2 Å². The molecule has 9 nitrogen and oxygen atoms in total. The number of hydrogen-bond acceptors (Lipinski definition) is 7. The molecule has 1 aliphatic heterocycles. The Kier molecular flexibility index (Phi) is 7.35. The Hall–Kier alpha value is -3.86. The maximum absolute atomic E-state index is 13.9. The highest BCUT2D eigenvalue weighted by Crippen LogP contribution is 2.38. The lowest BCUT2D eigenvalue weighted by Crippen LogP contribution is -2.31. The normalized spacial score (nSPS) is 14.7. The number of halogens is 1. The maximum atomic E-state index is 13.9. The Labute approximate surface area is 204 Å². The summed E-state index contributed by atoms with van der Waals surface area (Å²) in [5.74, 6) is -0.739. The molecule has 1 aliphatic rings. The van der Waals surface area contributed by atoms with Crippen LogP contribution in [0.15, 0.2) is 52.4 Å². The van der Waals surface area contributed by atoms with E-state index in [1.807, 2.05) is 0 Å². The molecule has 182 valence electrons. The number of nitrogens with zero attached hydrogens (tertiary/aromatic N) is 1. The third-order valence-electron chi connectivity index (χ3n) is 5.29. The van der Waals surface area contributed by atoms with Gasteiger partial charge in [0.25, 0.3) is 11.5 Å². The Morgan fingerprint density at radius 2 is 2.00 bits per heavy atom. The topological polar surface area (TPSA) is 136 Å². The van der Waals surface area contributed by atoms with Crippen molar-refractivity contribution < 1.29 is 23.5 Å². The molecule has 0 saturated carbocycles. The molecule has 0 radical (unpaired) electrons. The fourth-order valence-electron chi connectivity index (χ4n) is 3.74. The number of anilines is 1. The first-order chi connectivity index (χ1) is 16.9. The van der Waals surface area contributed by atoms with Gasteiger partial charge in [0.15, 0.2) is 23.3 Å². The summed E-state index contributed by atoms with van der Waals surface area (Å²) in [5.41, 5.74) is 6.19. The summed E-state index contributed by atoms with van der Waals surface area (Å²) < 4.78 is 25.0. The second kappa shape index (κ2) is 10.6. The molecule has 1 aromatic heterocycles. The lowest BCUT2D eigenvalue weighted by molar-refractivity contribution is -0.120. The van der Waals surface area contributed by atoms with Gasteiger partial charge in [-0.25, -0.2) is 9.37 Å². The molecule has 35 heavy (non-hydrogen) atoms. The fourth-order valence-corrected chi connectivity index (χ4v) is 4.59. The van der Waals surface area contributed by atoms with Gasteiger partial charge in [0, 0.05) is 18.1 Å².